The summed E-state index contributed by atoms with van der Waals surface area (Å²) in [7, 11) is 0. The molecule has 3 rings (SSSR count). The molecule has 0 fully saturated rings. The first-order chi connectivity index (χ1) is 9.71. The zero-order chi connectivity index (χ0) is 14.1. The number of aromatic amines is 1. The predicted octanol–water partition coefficient (Wildman–Crippen LogP) is 4.33. The molecular formula is C16H14BrFN2. The molecule has 1 aromatic heterocycles. The van der Waals surface area contributed by atoms with Gasteiger partial charge in [0, 0.05) is 34.0 Å². The van der Waals surface area contributed by atoms with Gasteiger partial charge in [-0.05, 0) is 41.5 Å². The molecule has 0 unspecified atom stereocenters. The Hall–Kier alpha value is -1.65. The Morgan fingerprint density at radius 2 is 1.85 bits per heavy atom. The first-order valence-electron chi connectivity index (χ1n) is 6.38. The first-order valence-corrected chi connectivity index (χ1v) is 7.50. The van der Waals surface area contributed by atoms with E-state index in [1.165, 1.54) is 0 Å². The van der Waals surface area contributed by atoms with Crippen LogP contribution in [-0.2, 0) is 11.9 Å². The van der Waals surface area contributed by atoms with Crippen LogP contribution in [0.15, 0.2) is 42.5 Å². The molecule has 102 valence electrons. The minimum atomic E-state index is -0.215. The molecule has 0 radical (unpaired) electrons. The third-order valence-electron chi connectivity index (χ3n) is 3.40. The van der Waals surface area contributed by atoms with Crippen LogP contribution in [-0.4, -0.2) is 4.98 Å². The van der Waals surface area contributed by atoms with Gasteiger partial charge in [0.2, 0.25) is 0 Å². The van der Waals surface area contributed by atoms with Crippen molar-refractivity contribution in [2.45, 2.75) is 11.9 Å². The zero-order valence-corrected chi connectivity index (χ0v) is 12.4. The molecule has 20 heavy (non-hydrogen) atoms. The highest BCUT2D eigenvalue weighted by molar-refractivity contribution is 9.08. The fraction of sp³-hybridized carbons (Fsp3) is 0.125. The monoisotopic (exact) mass is 332 g/mol. The second-order valence-electron chi connectivity index (χ2n) is 4.76. The minimum Gasteiger partial charge on any atom is -0.354 e. The lowest BCUT2D eigenvalue weighted by molar-refractivity contribution is 0.629. The summed E-state index contributed by atoms with van der Waals surface area (Å²) in [5.74, 6) is -0.215. The lowest BCUT2D eigenvalue weighted by Crippen LogP contribution is -1.94. The van der Waals surface area contributed by atoms with Crippen molar-refractivity contribution in [1.82, 2.24) is 4.98 Å². The summed E-state index contributed by atoms with van der Waals surface area (Å²) >= 11 is 3.33. The summed E-state index contributed by atoms with van der Waals surface area (Å²) in [5, 5.41) is 1.70. The molecule has 0 amide bonds. The maximum atomic E-state index is 14.1. The van der Waals surface area contributed by atoms with Crippen molar-refractivity contribution in [3.63, 3.8) is 0 Å². The van der Waals surface area contributed by atoms with Crippen molar-refractivity contribution in [2.24, 2.45) is 5.73 Å². The highest BCUT2D eigenvalue weighted by Gasteiger charge is 2.09. The molecule has 0 saturated carbocycles. The molecule has 0 atom stereocenters. The maximum Gasteiger partial charge on any atom is 0.132 e. The van der Waals surface area contributed by atoms with E-state index in [2.05, 4.69) is 20.9 Å². The number of fused-ring (bicyclic) bond motifs is 1. The quantitative estimate of drug-likeness (QED) is 0.689. The van der Waals surface area contributed by atoms with Crippen LogP contribution in [0.3, 0.4) is 0 Å². The molecule has 0 spiro atoms. The van der Waals surface area contributed by atoms with E-state index in [9.17, 15) is 4.39 Å². The molecule has 3 aromatic rings. The van der Waals surface area contributed by atoms with Gasteiger partial charge in [-0.1, -0.05) is 28.1 Å². The SMILES string of the molecule is NCc1ccc2[nH]c(-c3ccc(CBr)cc3F)cc2c1. The molecule has 1 heterocycles. The Labute approximate surface area is 124 Å². The summed E-state index contributed by atoms with van der Waals surface area (Å²) < 4.78 is 14.1. The molecule has 0 aliphatic heterocycles. The van der Waals surface area contributed by atoms with E-state index in [1.54, 1.807) is 12.1 Å². The standard InChI is InChI=1S/C16H14BrFN2/c17-8-10-1-3-13(14(18)6-10)16-7-12-5-11(9-19)2-4-15(12)20-16/h1-7,20H,8-9,19H2. The molecule has 0 aliphatic carbocycles. The Bertz CT molecular complexity index is 764. The topological polar surface area (TPSA) is 41.8 Å². The van der Waals surface area contributed by atoms with Crippen LogP contribution in [0, 0.1) is 5.82 Å². The average Bonchev–Trinajstić information content (AvgIpc) is 2.89. The smallest absolute Gasteiger partial charge is 0.132 e. The third-order valence-corrected chi connectivity index (χ3v) is 4.05. The largest absolute Gasteiger partial charge is 0.354 e. The van der Waals surface area contributed by atoms with Crippen LogP contribution in [0.5, 0.6) is 0 Å². The number of alkyl halides is 1. The van der Waals surface area contributed by atoms with Crippen molar-refractivity contribution in [3.05, 3.63) is 59.4 Å². The average molecular weight is 333 g/mol. The second-order valence-corrected chi connectivity index (χ2v) is 5.32. The van der Waals surface area contributed by atoms with Crippen LogP contribution >= 0.6 is 15.9 Å². The van der Waals surface area contributed by atoms with Gasteiger partial charge in [0.25, 0.3) is 0 Å². The Morgan fingerprint density at radius 1 is 1.05 bits per heavy atom. The predicted molar refractivity (Wildman–Crippen MR) is 84.2 cm³/mol. The summed E-state index contributed by atoms with van der Waals surface area (Å²) in [5.41, 5.74) is 9.99. The second kappa shape index (κ2) is 5.38. The van der Waals surface area contributed by atoms with Crippen LogP contribution in [0.4, 0.5) is 4.39 Å². The highest BCUT2D eigenvalue weighted by Crippen LogP contribution is 2.27. The summed E-state index contributed by atoms with van der Waals surface area (Å²) in [6.07, 6.45) is 0. The minimum absolute atomic E-state index is 0.215. The number of rotatable bonds is 3. The molecular weight excluding hydrogens is 319 g/mol. The fourth-order valence-corrected chi connectivity index (χ4v) is 2.66. The van der Waals surface area contributed by atoms with E-state index in [-0.39, 0.29) is 5.82 Å². The Balaban J connectivity index is 2.10. The highest BCUT2D eigenvalue weighted by atomic mass is 79.9. The number of aromatic nitrogens is 1. The van der Waals surface area contributed by atoms with Crippen LogP contribution in [0.2, 0.25) is 0 Å². The number of nitrogens with two attached hydrogens (primary N) is 1. The molecule has 2 aromatic carbocycles. The van der Waals surface area contributed by atoms with Gasteiger partial charge in [-0.3, -0.25) is 0 Å². The van der Waals surface area contributed by atoms with E-state index < -0.39 is 0 Å². The van der Waals surface area contributed by atoms with Crippen molar-refractivity contribution in [1.29, 1.82) is 0 Å². The lowest BCUT2D eigenvalue weighted by Gasteiger charge is -2.02. The van der Waals surface area contributed by atoms with E-state index >= 15 is 0 Å². The zero-order valence-electron chi connectivity index (χ0n) is 10.8. The fourth-order valence-electron chi connectivity index (χ4n) is 2.31. The number of halogens is 2. The number of H-pyrrole nitrogens is 1. The molecule has 2 nitrogen and oxygen atoms in total. The summed E-state index contributed by atoms with van der Waals surface area (Å²) in [6, 6.07) is 13.2. The van der Waals surface area contributed by atoms with Gasteiger partial charge in [0.05, 0.1) is 0 Å². The van der Waals surface area contributed by atoms with Gasteiger partial charge in [0.15, 0.2) is 0 Å². The van der Waals surface area contributed by atoms with Crippen LogP contribution < -0.4 is 5.73 Å². The van der Waals surface area contributed by atoms with Crippen molar-refractivity contribution in [2.75, 3.05) is 0 Å². The van der Waals surface area contributed by atoms with Gasteiger partial charge in [-0.15, -0.1) is 0 Å². The van der Waals surface area contributed by atoms with Crippen LogP contribution in [0.25, 0.3) is 22.2 Å². The summed E-state index contributed by atoms with van der Waals surface area (Å²) in [4.78, 5) is 3.25. The van der Waals surface area contributed by atoms with Gasteiger partial charge >= 0.3 is 0 Å². The number of hydrogen-bond donors (Lipinski definition) is 2. The van der Waals surface area contributed by atoms with Gasteiger partial charge in [-0.2, -0.15) is 0 Å². The maximum absolute atomic E-state index is 14.1. The molecule has 0 saturated heterocycles. The molecule has 4 heteroatoms. The lowest BCUT2D eigenvalue weighted by atomic mass is 10.1. The summed E-state index contributed by atoms with van der Waals surface area (Å²) in [6.45, 7) is 0.505. The third kappa shape index (κ3) is 2.37. The van der Waals surface area contributed by atoms with Gasteiger partial charge < -0.3 is 10.7 Å². The van der Waals surface area contributed by atoms with E-state index in [0.29, 0.717) is 17.4 Å². The van der Waals surface area contributed by atoms with Gasteiger partial charge in [-0.25, -0.2) is 4.39 Å². The molecule has 3 N–H and O–H groups in total. The first kappa shape index (κ1) is 13.3. The Morgan fingerprint density at radius 3 is 2.55 bits per heavy atom. The molecule has 0 bridgehead atoms. The van der Waals surface area contributed by atoms with Crippen molar-refractivity contribution in [3.8, 4) is 11.3 Å². The van der Waals surface area contributed by atoms with E-state index in [1.807, 2.05) is 30.3 Å². The van der Waals surface area contributed by atoms with Crippen molar-refractivity contribution >= 4 is 26.8 Å². The number of nitrogens with one attached hydrogen (secondary N) is 1. The normalized spacial score (nSPS) is 11.2. The number of hydrogen-bond acceptors (Lipinski definition) is 1. The van der Waals surface area contributed by atoms with Crippen molar-refractivity contribution < 1.29 is 4.39 Å². The van der Waals surface area contributed by atoms with Gasteiger partial charge in [0.1, 0.15) is 5.82 Å². The van der Waals surface area contributed by atoms with E-state index in [0.717, 1.165) is 27.7 Å². The Kier molecular flexibility index (Phi) is 3.59. The molecule has 0 aliphatic rings. The number of benzene rings is 2. The van der Waals surface area contributed by atoms with Crippen LogP contribution in [0.1, 0.15) is 11.1 Å². The van der Waals surface area contributed by atoms with E-state index in [4.69, 9.17) is 5.73 Å².